The van der Waals surface area contributed by atoms with Crippen LogP contribution in [0.2, 0.25) is 0 Å². The van der Waals surface area contributed by atoms with Crippen molar-refractivity contribution >= 4 is 5.71 Å². The van der Waals surface area contributed by atoms with Crippen molar-refractivity contribution in [3.63, 3.8) is 0 Å². The SMILES string of the molecule is CN=C(C)c1ccccc1C(C)(C)OC. The van der Waals surface area contributed by atoms with Crippen molar-refractivity contribution in [2.24, 2.45) is 4.99 Å². The third-order valence-corrected chi connectivity index (χ3v) is 2.81. The van der Waals surface area contributed by atoms with Crippen LogP contribution in [0.4, 0.5) is 0 Å². The van der Waals surface area contributed by atoms with Crippen LogP contribution in [-0.2, 0) is 10.3 Å². The van der Waals surface area contributed by atoms with Gasteiger partial charge in [0.05, 0.1) is 5.60 Å². The van der Waals surface area contributed by atoms with E-state index < -0.39 is 0 Å². The van der Waals surface area contributed by atoms with Crippen LogP contribution in [0.25, 0.3) is 0 Å². The minimum atomic E-state index is -0.275. The van der Waals surface area contributed by atoms with Gasteiger partial charge in [0.2, 0.25) is 0 Å². The van der Waals surface area contributed by atoms with E-state index in [1.807, 2.05) is 26.1 Å². The highest BCUT2D eigenvalue weighted by Crippen LogP contribution is 2.27. The summed E-state index contributed by atoms with van der Waals surface area (Å²) in [6.07, 6.45) is 0. The van der Waals surface area contributed by atoms with Gasteiger partial charge in [0, 0.05) is 25.4 Å². The first kappa shape index (κ1) is 11.9. The highest BCUT2D eigenvalue weighted by atomic mass is 16.5. The van der Waals surface area contributed by atoms with E-state index >= 15 is 0 Å². The number of methoxy groups -OCH3 is 1. The van der Waals surface area contributed by atoms with Crippen molar-refractivity contribution in [3.05, 3.63) is 35.4 Å². The van der Waals surface area contributed by atoms with E-state index in [1.54, 1.807) is 7.11 Å². The molecule has 0 bridgehead atoms. The summed E-state index contributed by atoms with van der Waals surface area (Å²) < 4.78 is 5.50. The van der Waals surface area contributed by atoms with E-state index in [0.29, 0.717) is 0 Å². The lowest BCUT2D eigenvalue weighted by Crippen LogP contribution is -2.22. The molecule has 1 aromatic rings. The number of benzene rings is 1. The molecule has 0 heterocycles. The molecule has 2 nitrogen and oxygen atoms in total. The Hall–Kier alpha value is -1.15. The van der Waals surface area contributed by atoms with Gasteiger partial charge in [-0.2, -0.15) is 0 Å². The van der Waals surface area contributed by atoms with Crippen molar-refractivity contribution in [2.45, 2.75) is 26.4 Å². The molecule has 15 heavy (non-hydrogen) atoms. The smallest absolute Gasteiger partial charge is 0.0877 e. The van der Waals surface area contributed by atoms with Crippen molar-refractivity contribution in [2.75, 3.05) is 14.2 Å². The average molecular weight is 205 g/mol. The van der Waals surface area contributed by atoms with Gasteiger partial charge in [-0.25, -0.2) is 0 Å². The molecule has 2 heteroatoms. The molecule has 0 N–H and O–H groups in total. The second-order valence-corrected chi connectivity index (χ2v) is 4.07. The maximum absolute atomic E-state index is 5.50. The first-order valence-electron chi connectivity index (χ1n) is 5.11. The lowest BCUT2D eigenvalue weighted by molar-refractivity contribution is 0.0191. The molecule has 82 valence electrons. The van der Waals surface area contributed by atoms with Crippen LogP contribution in [0.15, 0.2) is 29.3 Å². The molecule has 0 aliphatic rings. The molecule has 0 unspecified atom stereocenters. The summed E-state index contributed by atoms with van der Waals surface area (Å²) in [6.45, 7) is 6.15. The molecule has 0 aromatic heterocycles. The summed E-state index contributed by atoms with van der Waals surface area (Å²) >= 11 is 0. The highest BCUT2D eigenvalue weighted by Gasteiger charge is 2.22. The summed E-state index contributed by atoms with van der Waals surface area (Å²) in [6, 6.07) is 8.23. The Labute approximate surface area is 92.0 Å². The standard InChI is InChI=1S/C13H19NO/c1-10(14-4)11-8-6-7-9-12(11)13(2,3)15-5/h6-9H,1-5H3. The summed E-state index contributed by atoms with van der Waals surface area (Å²) in [5.41, 5.74) is 3.10. The van der Waals surface area contributed by atoms with Crippen LogP contribution < -0.4 is 0 Å². The quantitative estimate of drug-likeness (QED) is 0.695. The van der Waals surface area contributed by atoms with Crippen molar-refractivity contribution in [1.29, 1.82) is 0 Å². The Morgan fingerprint density at radius 2 is 1.87 bits per heavy atom. The molecular formula is C13H19NO. The number of rotatable bonds is 3. The Kier molecular flexibility index (Phi) is 3.64. The number of ether oxygens (including phenoxy) is 1. The topological polar surface area (TPSA) is 21.6 Å². The molecule has 0 radical (unpaired) electrons. The van der Waals surface area contributed by atoms with Crippen LogP contribution in [0.1, 0.15) is 31.9 Å². The molecule has 0 saturated carbocycles. The van der Waals surface area contributed by atoms with E-state index in [1.165, 1.54) is 5.56 Å². The van der Waals surface area contributed by atoms with Crippen LogP contribution in [-0.4, -0.2) is 19.9 Å². The molecule has 0 spiro atoms. The number of hydrogen-bond acceptors (Lipinski definition) is 2. The Bertz CT molecular complexity index is 367. The maximum atomic E-state index is 5.50. The number of aliphatic imine (C=N–C) groups is 1. The molecule has 0 saturated heterocycles. The molecule has 0 fully saturated rings. The zero-order chi connectivity index (χ0) is 11.5. The largest absolute Gasteiger partial charge is 0.374 e. The molecule has 0 amide bonds. The maximum Gasteiger partial charge on any atom is 0.0877 e. The van der Waals surface area contributed by atoms with Gasteiger partial charge >= 0.3 is 0 Å². The lowest BCUT2D eigenvalue weighted by Gasteiger charge is -2.26. The molecule has 0 aliphatic carbocycles. The molecule has 0 atom stereocenters. The zero-order valence-electron chi connectivity index (χ0n) is 10.2. The summed E-state index contributed by atoms with van der Waals surface area (Å²) in [4.78, 5) is 4.23. The van der Waals surface area contributed by atoms with Gasteiger partial charge in [0.15, 0.2) is 0 Å². The fourth-order valence-electron chi connectivity index (χ4n) is 1.55. The zero-order valence-corrected chi connectivity index (χ0v) is 10.2. The van der Waals surface area contributed by atoms with E-state index in [0.717, 1.165) is 11.3 Å². The van der Waals surface area contributed by atoms with Crippen LogP contribution in [0.3, 0.4) is 0 Å². The van der Waals surface area contributed by atoms with Gasteiger partial charge in [-0.3, -0.25) is 4.99 Å². The minimum absolute atomic E-state index is 0.275. The third-order valence-electron chi connectivity index (χ3n) is 2.81. The third kappa shape index (κ3) is 2.45. The Morgan fingerprint density at radius 3 is 2.40 bits per heavy atom. The minimum Gasteiger partial charge on any atom is -0.374 e. The van der Waals surface area contributed by atoms with Gasteiger partial charge in [0.1, 0.15) is 0 Å². The van der Waals surface area contributed by atoms with Gasteiger partial charge in [-0.15, -0.1) is 0 Å². The van der Waals surface area contributed by atoms with Crippen LogP contribution >= 0.6 is 0 Å². The fourth-order valence-corrected chi connectivity index (χ4v) is 1.55. The van der Waals surface area contributed by atoms with Gasteiger partial charge < -0.3 is 4.74 Å². The first-order valence-corrected chi connectivity index (χ1v) is 5.11. The van der Waals surface area contributed by atoms with Crippen LogP contribution in [0, 0.1) is 0 Å². The number of hydrogen-bond donors (Lipinski definition) is 0. The van der Waals surface area contributed by atoms with Crippen LogP contribution in [0.5, 0.6) is 0 Å². The molecule has 0 aliphatic heterocycles. The van der Waals surface area contributed by atoms with Gasteiger partial charge in [-0.1, -0.05) is 24.3 Å². The van der Waals surface area contributed by atoms with Crippen molar-refractivity contribution in [1.82, 2.24) is 0 Å². The van der Waals surface area contributed by atoms with E-state index in [4.69, 9.17) is 4.74 Å². The Balaban J connectivity index is 3.30. The van der Waals surface area contributed by atoms with E-state index in [2.05, 4.69) is 31.0 Å². The number of nitrogens with zero attached hydrogens (tertiary/aromatic N) is 1. The summed E-state index contributed by atoms with van der Waals surface area (Å²) in [7, 11) is 3.54. The normalized spacial score (nSPS) is 13.0. The van der Waals surface area contributed by atoms with Gasteiger partial charge in [-0.05, 0) is 26.3 Å². The molecule has 1 aromatic carbocycles. The van der Waals surface area contributed by atoms with Crippen molar-refractivity contribution in [3.8, 4) is 0 Å². The second-order valence-electron chi connectivity index (χ2n) is 4.07. The predicted molar refractivity (Wildman–Crippen MR) is 64.6 cm³/mol. The predicted octanol–water partition coefficient (Wildman–Crippen LogP) is 3.01. The summed E-state index contributed by atoms with van der Waals surface area (Å²) in [5, 5.41) is 0. The van der Waals surface area contributed by atoms with Crippen molar-refractivity contribution < 1.29 is 4.74 Å². The molecular weight excluding hydrogens is 186 g/mol. The Morgan fingerprint density at radius 1 is 1.27 bits per heavy atom. The summed E-state index contributed by atoms with van der Waals surface area (Å²) in [5.74, 6) is 0. The van der Waals surface area contributed by atoms with E-state index in [9.17, 15) is 0 Å². The fraction of sp³-hybridized carbons (Fsp3) is 0.462. The highest BCUT2D eigenvalue weighted by molar-refractivity contribution is 6.00. The average Bonchev–Trinajstić information content (AvgIpc) is 2.28. The lowest BCUT2D eigenvalue weighted by atomic mass is 9.91. The van der Waals surface area contributed by atoms with E-state index in [-0.39, 0.29) is 5.60 Å². The first-order chi connectivity index (χ1) is 7.03. The second kappa shape index (κ2) is 4.58. The molecule has 1 rings (SSSR count). The van der Waals surface area contributed by atoms with Gasteiger partial charge in [0.25, 0.3) is 0 Å². The monoisotopic (exact) mass is 205 g/mol.